The van der Waals surface area contributed by atoms with Crippen molar-refractivity contribution in [1.29, 1.82) is 0 Å². The fourth-order valence-electron chi connectivity index (χ4n) is 4.33. The molecule has 4 rings (SSSR count). The molecule has 0 aliphatic carbocycles. The Kier molecular flexibility index (Phi) is 7.24. The number of rotatable bonds is 9. The van der Waals surface area contributed by atoms with Gasteiger partial charge in [-0.05, 0) is 62.6 Å². The van der Waals surface area contributed by atoms with Crippen molar-refractivity contribution < 1.29 is 9.59 Å². The molecule has 2 aromatic carbocycles. The molecule has 1 N–H and O–H groups in total. The van der Waals surface area contributed by atoms with Crippen molar-refractivity contribution in [3.63, 3.8) is 0 Å². The van der Waals surface area contributed by atoms with Gasteiger partial charge in [0.25, 0.3) is 0 Å². The highest BCUT2D eigenvalue weighted by Crippen LogP contribution is 2.32. The van der Waals surface area contributed by atoms with E-state index in [4.69, 9.17) is 0 Å². The van der Waals surface area contributed by atoms with Crippen LogP contribution < -0.4 is 10.2 Å². The van der Waals surface area contributed by atoms with Gasteiger partial charge in [0.05, 0.1) is 11.2 Å². The Morgan fingerprint density at radius 2 is 1.75 bits per heavy atom. The zero-order valence-corrected chi connectivity index (χ0v) is 21.6. The predicted molar refractivity (Wildman–Crippen MR) is 142 cm³/mol. The van der Waals surface area contributed by atoms with Crippen molar-refractivity contribution in [2.24, 2.45) is 7.05 Å². The summed E-state index contributed by atoms with van der Waals surface area (Å²) in [6.45, 7) is 8.00. The highest BCUT2D eigenvalue weighted by atomic mass is 16.2. The predicted octanol–water partition coefficient (Wildman–Crippen LogP) is 4.41. The Hall–Kier alpha value is -3.94. The highest BCUT2D eigenvalue weighted by molar-refractivity contribution is 6.02. The standard InChI is InChI=1S/C28H34N6O2/c1-6-20-13-8-10-15-22(20)34(25(35)19-33-23-16-11-9-14-21(23)30-31-33)26(24-17-12-18-32(24)5)27(36)29-28(3,4)7-2/h8-18,26H,6-7,19H2,1-5H3,(H,29,36)/t26-/m1/s1. The number of hydrogen-bond acceptors (Lipinski definition) is 4. The summed E-state index contributed by atoms with van der Waals surface area (Å²) in [4.78, 5) is 29.7. The molecule has 0 fully saturated rings. The second kappa shape index (κ2) is 10.4. The third-order valence-corrected chi connectivity index (χ3v) is 6.72. The number of aryl methyl sites for hydroxylation is 2. The van der Waals surface area contributed by atoms with Gasteiger partial charge in [-0.25, -0.2) is 4.68 Å². The van der Waals surface area contributed by atoms with E-state index in [0.717, 1.165) is 23.2 Å². The molecule has 0 spiro atoms. The maximum Gasteiger partial charge on any atom is 0.249 e. The monoisotopic (exact) mass is 486 g/mol. The van der Waals surface area contributed by atoms with Gasteiger partial charge in [-0.1, -0.05) is 49.4 Å². The third kappa shape index (κ3) is 5.03. The van der Waals surface area contributed by atoms with Gasteiger partial charge in [-0.3, -0.25) is 14.5 Å². The minimum Gasteiger partial charge on any atom is -0.352 e. The summed E-state index contributed by atoms with van der Waals surface area (Å²) in [7, 11) is 1.89. The van der Waals surface area contributed by atoms with Crippen LogP contribution in [0.15, 0.2) is 66.9 Å². The fourth-order valence-corrected chi connectivity index (χ4v) is 4.33. The van der Waals surface area contributed by atoms with Gasteiger partial charge in [0.2, 0.25) is 11.8 Å². The lowest BCUT2D eigenvalue weighted by Gasteiger charge is -2.35. The number of nitrogens with zero attached hydrogens (tertiary/aromatic N) is 5. The molecule has 2 amide bonds. The van der Waals surface area contributed by atoms with Crippen LogP contribution in [-0.4, -0.2) is 36.9 Å². The first-order valence-electron chi connectivity index (χ1n) is 12.4. The summed E-state index contributed by atoms with van der Waals surface area (Å²) in [5.74, 6) is -0.478. The maximum atomic E-state index is 14.2. The van der Waals surface area contributed by atoms with Crippen molar-refractivity contribution in [1.82, 2.24) is 24.9 Å². The van der Waals surface area contributed by atoms with E-state index in [1.165, 1.54) is 0 Å². The van der Waals surface area contributed by atoms with Crippen LogP contribution in [0.2, 0.25) is 0 Å². The molecule has 2 heterocycles. The van der Waals surface area contributed by atoms with E-state index in [9.17, 15) is 9.59 Å². The molecule has 0 unspecified atom stereocenters. The summed E-state index contributed by atoms with van der Waals surface area (Å²) in [5, 5.41) is 11.6. The lowest BCUT2D eigenvalue weighted by molar-refractivity contribution is -0.128. The average Bonchev–Trinajstić information content (AvgIpc) is 3.48. The molecule has 2 aromatic heterocycles. The van der Waals surface area contributed by atoms with E-state index in [1.807, 2.05) is 106 Å². The van der Waals surface area contributed by atoms with Crippen molar-refractivity contribution in [3.8, 4) is 0 Å². The summed E-state index contributed by atoms with van der Waals surface area (Å²) in [6.07, 6.45) is 3.36. The number of anilines is 1. The van der Waals surface area contributed by atoms with Crippen LogP contribution in [0.4, 0.5) is 5.69 Å². The van der Waals surface area contributed by atoms with E-state index in [2.05, 4.69) is 15.6 Å². The van der Waals surface area contributed by atoms with Crippen LogP contribution >= 0.6 is 0 Å². The molecular weight excluding hydrogens is 452 g/mol. The van der Waals surface area contributed by atoms with Crippen molar-refractivity contribution in [2.75, 3.05) is 4.90 Å². The number of carbonyl (C=O) groups excluding carboxylic acids is 2. The molecule has 8 heteroatoms. The molecule has 0 radical (unpaired) electrons. The molecule has 8 nitrogen and oxygen atoms in total. The topological polar surface area (TPSA) is 85.1 Å². The molecule has 0 bridgehead atoms. The van der Waals surface area contributed by atoms with Crippen LogP contribution in [-0.2, 0) is 29.6 Å². The number of fused-ring (bicyclic) bond motifs is 1. The number of nitrogens with one attached hydrogen (secondary N) is 1. The Bertz CT molecular complexity index is 1370. The van der Waals surface area contributed by atoms with Gasteiger partial charge in [0.1, 0.15) is 12.1 Å². The van der Waals surface area contributed by atoms with Gasteiger partial charge in [0.15, 0.2) is 6.04 Å². The van der Waals surface area contributed by atoms with E-state index in [1.54, 1.807) is 9.58 Å². The second-order valence-corrected chi connectivity index (χ2v) is 9.65. The average molecular weight is 487 g/mol. The first-order valence-corrected chi connectivity index (χ1v) is 12.4. The smallest absolute Gasteiger partial charge is 0.249 e. The quantitative estimate of drug-likeness (QED) is 0.380. The zero-order valence-electron chi connectivity index (χ0n) is 21.6. The normalized spacial score (nSPS) is 12.5. The van der Waals surface area contributed by atoms with Crippen molar-refractivity contribution in [3.05, 3.63) is 78.1 Å². The Morgan fingerprint density at radius 3 is 2.44 bits per heavy atom. The van der Waals surface area contributed by atoms with Crippen LogP contribution in [0, 0.1) is 0 Å². The first kappa shape index (κ1) is 25.2. The Morgan fingerprint density at radius 1 is 1.03 bits per heavy atom. The van der Waals surface area contributed by atoms with Crippen LogP contribution in [0.3, 0.4) is 0 Å². The molecular formula is C28H34N6O2. The van der Waals surface area contributed by atoms with E-state index in [-0.39, 0.29) is 18.4 Å². The summed E-state index contributed by atoms with van der Waals surface area (Å²) in [6, 6.07) is 18.2. The number of benzene rings is 2. The van der Waals surface area contributed by atoms with Gasteiger partial charge >= 0.3 is 0 Å². The summed E-state index contributed by atoms with van der Waals surface area (Å²) < 4.78 is 3.48. The maximum absolute atomic E-state index is 14.2. The third-order valence-electron chi connectivity index (χ3n) is 6.72. The van der Waals surface area contributed by atoms with Gasteiger partial charge in [-0.15, -0.1) is 5.10 Å². The minimum absolute atomic E-state index is 0.0517. The number of hydrogen-bond donors (Lipinski definition) is 1. The minimum atomic E-state index is -0.870. The first-order chi connectivity index (χ1) is 17.3. The van der Waals surface area contributed by atoms with Crippen molar-refractivity contribution in [2.45, 2.75) is 58.7 Å². The molecule has 0 saturated heterocycles. The van der Waals surface area contributed by atoms with Gasteiger partial charge < -0.3 is 9.88 Å². The number of aromatic nitrogens is 4. The molecule has 0 aliphatic heterocycles. The Labute approximate surface area is 211 Å². The molecule has 36 heavy (non-hydrogen) atoms. The Balaban J connectivity index is 1.85. The van der Waals surface area contributed by atoms with Crippen LogP contribution in [0.5, 0.6) is 0 Å². The number of carbonyl (C=O) groups is 2. The summed E-state index contributed by atoms with van der Waals surface area (Å²) >= 11 is 0. The van der Waals surface area contributed by atoms with E-state index >= 15 is 0 Å². The van der Waals surface area contributed by atoms with Crippen LogP contribution in [0.25, 0.3) is 11.0 Å². The summed E-state index contributed by atoms with van der Waals surface area (Å²) in [5.41, 5.74) is 3.47. The van der Waals surface area contributed by atoms with Gasteiger partial charge in [-0.2, -0.15) is 0 Å². The SMILES string of the molecule is CCc1ccccc1N(C(=O)Cn1nnc2ccccc21)[C@@H](C(=O)NC(C)(C)CC)c1cccn1C. The fraction of sp³-hybridized carbons (Fsp3) is 0.357. The molecule has 0 saturated carbocycles. The lowest BCUT2D eigenvalue weighted by atomic mass is 9.99. The van der Waals surface area contributed by atoms with E-state index < -0.39 is 11.6 Å². The molecule has 1 atom stereocenters. The van der Waals surface area contributed by atoms with Gasteiger partial charge in [0, 0.05) is 24.5 Å². The zero-order chi connectivity index (χ0) is 25.9. The largest absolute Gasteiger partial charge is 0.352 e. The van der Waals surface area contributed by atoms with Crippen LogP contribution in [0.1, 0.15) is 51.4 Å². The second-order valence-electron chi connectivity index (χ2n) is 9.65. The highest BCUT2D eigenvalue weighted by Gasteiger charge is 2.37. The molecule has 4 aromatic rings. The van der Waals surface area contributed by atoms with E-state index in [0.29, 0.717) is 17.6 Å². The lowest BCUT2D eigenvalue weighted by Crippen LogP contribution is -2.51. The number of amides is 2. The molecule has 0 aliphatic rings. The molecule has 188 valence electrons. The number of para-hydroxylation sites is 2. The van der Waals surface area contributed by atoms with Crippen molar-refractivity contribution >= 4 is 28.5 Å².